The van der Waals surface area contributed by atoms with Gasteiger partial charge in [-0.15, -0.1) is 0 Å². The van der Waals surface area contributed by atoms with Crippen LogP contribution in [0.3, 0.4) is 0 Å². The molecule has 1 aromatic carbocycles. The molecule has 1 radical (unpaired) electrons. The van der Waals surface area contributed by atoms with Crippen LogP contribution >= 0.6 is 12.2 Å². The second kappa shape index (κ2) is 4.11. The number of thiocarbonyl (C=S) groups is 1. The summed E-state index contributed by atoms with van der Waals surface area (Å²) in [4.78, 5) is 0.911. The summed E-state index contributed by atoms with van der Waals surface area (Å²) in [6.45, 7) is 4.25. The summed E-state index contributed by atoms with van der Waals surface area (Å²) in [5.74, 6) is 0.354. The number of hydrogen-bond acceptors (Lipinski definition) is 1. The van der Waals surface area contributed by atoms with E-state index in [0.29, 0.717) is 5.92 Å². The quantitative estimate of drug-likeness (QED) is 0.639. The highest BCUT2D eigenvalue weighted by atomic mass is 32.1. The van der Waals surface area contributed by atoms with E-state index in [-0.39, 0.29) is 0 Å². The van der Waals surface area contributed by atoms with E-state index in [0.717, 1.165) is 10.4 Å². The molecule has 0 heterocycles. The van der Waals surface area contributed by atoms with Crippen LogP contribution in [0.15, 0.2) is 42.0 Å². The standard InChI is InChI=1S/C14H13S/c1-10-8-13(9-14(15)11(10)2)12-6-4-3-5-7-12/h3-8,11H,1-2H3. The lowest BCUT2D eigenvalue weighted by Gasteiger charge is -2.18. The molecule has 0 aliphatic heterocycles. The monoisotopic (exact) mass is 213 g/mol. The van der Waals surface area contributed by atoms with E-state index in [1.54, 1.807) is 0 Å². The Bertz CT molecular complexity index is 438. The van der Waals surface area contributed by atoms with Crippen molar-refractivity contribution in [3.63, 3.8) is 0 Å². The Kier molecular flexibility index (Phi) is 2.83. The summed E-state index contributed by atoms with van der Waals surface area (Å²) in [6.07, 6.45) is 5.46. The van der Waals surface area contributed by atoms with Gasteiger partial charge in [0.2, 0.25) is 0 Å². The van der Waals surface area contributed by atoms with Gasteiger partial charge in [0.1, 0.15) is 0 Å². The molecule has 0 aromatic heterocycles. The third kappa shape index (κ3) is 2.07. The minimum Gasteiger partial charge on any atom is -0.0836 e. The number of hydrogen-bond donors (Lipinski definition) is 0. The van der Waals surface area contributed by atoms with Crippen LogP contribution in [0.2, 0.25) is 0 Å². The van der Waals surface area contributed by atoms with E-state index >= 15 is 0 Å². The van der Waals surface area contributed by atoms with Crippen LogP contribution in [0.25, 0.3) is 5.57 Å². The molecule has 75 valence electrons. The maximum absolute atomic E-state index is 5.31. The van der Waals surface area contributed by atoms with Gasteiger partial charge in [0.05, 0.1) is 0 Å². The van der Waals surface area contributed by atoms with Gasteiger partial charge in [-0.05, 0) is 18.1 Å². The third-order valence-electron chi connectivity index (χ3n) is 2.79. The Balaban J connectivity index is 2.41. The van der Waals surface area contributed by atoms with Crippen molar-refractivity contribution in [2.75, 3.05) is 0 Å². The Morgan fingerprint density at radius 3 is 2.47 bits per heavy atom. The summed E-state index contributed by atoms with van der Waals surface area (Å²) < 4.78 is 0. The highest BCUT2D eigenvalue weighted by molar-refractivity contribution is 7.80. The molecule has 0 bridgehead atoms. The highest BCUT2D eigenvalue weighted by Crippen LogP contribution is 2.26. The van der Waals surface area contributed by atoms with Gasteiger partial charge in [-0.1, -0.05) is 61.1 Å². The number of rotatable bonds is 1. The Morgan fingerprint density at radius 2 is 1.87 bits per heavy atom. The van der Waals surface area contributed by atoms with Crippen molar-refractivity contribution < 1.29 is 0 Å². The number of benzene rings is 1. The van der Waals surface area contributed by atoms with Crippen molar-refractivity contribution in [2.45, 2.75) is 13.8 Å². The zero-order valence-corrected chi connectivity index (χ0v) is 9.77. The van der Waals surface area contributed by atoms with Crippen LogP contribution in [0.4, 0.5) is 0 Å². The predicted octanol–water partition coefficient (Wildman–Crippen LogP) is 3.84. The van der Waals surface area contributed by atoms with Crippen LogP contribution in [-0.2, 0) is 0 Å². The SMILES string of the molecule is CC1=CC(c2ccccc2)=[C]C(=S)C1C. The van der Waals surface area contributed by atoms with Crippen molar-refractivity contribution in [1.29, 1.82) is 0 Å². The maximum atomic E-state index is 5.31. The first kappa shape index (κ1) is 10.3. The summed E-state index contributed by atoms with van der Waals surface area (Å²) in [5, 5.41) is 0. The molecule has 15 heavy (non-hydrogen) atoms. The topological polar surface area (TPSA) is 0 Å². The molecule has 0 amide bonds. The Morgan fingerprint density at radius 1 is 1.20 bits per heavy atom. The fourth-order valence-corrected chi connectivity index (χ4v) is 1.91. The minimum absolute atomic E-state index is 0.354. The van der Waals surface area contributed by atoms with Crippen molar-refractivity contribution in [1.82, 2.24) is 0 Å². The van der Waals surface area contributed by atoms with Gasteiger partial charge in [-0.3, -0.25) is 0 Å². The van der Waals surface area contributed by atoms with Gasteiger partial charge in [0.25, 0.3) is 0 Å². The molecule has 1 unspecified atom stereocenters. The molecule has 1 atom stereocenters. The molecule has 1 aliphatic rings. The fraction of sp³-hybridized carbons (Fsp3) is 0.214. The van der Waals surface area contributed by atoms with Crippen molar-refractivity contribution in [3.8, 4) is 0 Å². The van der Waals surface area contributed by atoms with Crippen LogP contribution in [0, 0.1) is 12.0 Å². The van der Waals surface area contributed by atoms with Gasteiger partial charge in [0, 0.05) is 16.9 Å². The summed E-state index contributed by atoms with van der Waals surface area (Å²) >= 11 is 5.31. The molecule has 0 spiro atoms. The van der Waals surface area contributed by atoms with Gasteiger partial charge < -0.3 is 0 Å². The lowest BCUT2D eigenvalue weighted by Crippen LogP contribution is -2.12. The second-order valence-electron chi connectivity index (χ2n) is 3.88. The molecular weight excluding hydrogens is 200 g/mol. The Labute approximate surface area is 96.3 Å². The minimum atomic E-state index is 0.354. The zero-order valence-electron chi connectivity index (χ0n) is 8.95. The van der Waals surface area contributed by atoms with E-state index in [1.165, 1.54) is 11.1 Å². The highest BCUT2D eigenvalue weighted by Gasteiger charge is 2.15. The summed E-state index contributed by atoms with van der Waals surface area (Å²) in [6, 6.07) is 10.3. The average molecular weight is 213 g/mol. The smallest absolute Gasteiger partial charge is 0.0306 e. The van der Waals surface area contributed by atoms with Gasteiger partial charge in [-0.2, -0.15) is 0 Å². The molecule has 1 heteroatoms. The molecule has 0 fully saturated rings. The first-order chi connectivity index (χ1) is 7.18. The fourth-order valence-electron chi connectivity index (χ4n) is 1.61. The summed E-state index contributed by atoms with van der Waals surface area (Å²) in [7, 11) is 0. The Hall–Kier alpha value is -1.21. The van der Waals surface area contributed by atoms with Crippen molar-refractivity contribution in [3.05, 3.63) is 53.6 Å². The maximum Gasteiger partial charge on any atom is 0.0306 e. The van der Waals surface area contributed by atoms with E-state index in [9.17, 15) is 0 Å². The molecule has 0 saturated carbocycles. The molecular formula is C14H13S. The summed E-state index contributed by atoms with van der Waals surface area (Å²) in [5.41, 5.74) is 3.61. The van der Waals surface area contributed by atoms with Gasteiger partial charge in [-0.25, -0.2) is 0 Å². The first-order valence-electron chi connectivity index (χ1n) is 5.10. The lowest BCUT2D eigenvalue weighted by atomic mass is 9.88. The molecule has 2 rings (SSSR count). The lowest BCUT2D eigenvalue weighted by molar-refractivity contribution is 0.926. The van der Waals surface area contributed by atoms with Crippen molar-refractivity contribution >= 4 is 22.7 Å². The van der Waals surface area contributed by atoms with E-state index in [2.05, 4.69) is 38.1 Å². The number of allylic oxidation sites excluding steroid dienone is 4. The van der Waals surface area contributed by atoms with Crippen LogP contribution in [-0.4, -0.2) is 4.86 Å². The van der Waals surface area contributed by atoms with Gasteiger partial charge in [0.15, 0.2) is 0 Å². The molecule has 0 nitrogen and oxygen atoms in total. The third-order valence-corrected chi connectivity index (χ3v) is 3.25. The predicted molar refractivity (Wildman–Crippen MR) is 68.6 cm³/mol. The van der Waals surface area contributed by atoms with Crippen LogP contribution in [0.1, 0.15) is 19.4 Å². The van der Waals surface area contributed by atoms with E-state index in [1.807, 2.05) is 18.2 Å². The molecule has 0 saturated heterocycles. The first-order valence-corrected chi connectivity index (χ1v) is 5.51. The normalized spacial score (nSPS) is 20.9. The molecule has 0 N–H and O–H groups in total. The second-order valence-corrected chi connectivity index (χ2v) is 4.32. The molecule has 1 aliphatic carbocycles. The van der Waals surface area contributed by atoms with E-state index < -0.39 is 0 Å². The van der Waals surface area contributed by atoms with Gasteiger partial charge >= 0.3 is 0 Å². The molecule has 1 aromatic rings. The van der Waals surface area contributed by atoms with Crippen LogP contribution in [0.5, 0.6) is 0 Å². The average Bonchev–Trinajstić information content (AvgIpc) is 2.26. The zero-order chi connectivity index (χ0) is 10.8. The largest absolute Gasteiger partial charge is 0.0836 e. The van der Waals surface area contributed by atoms with E-state index in [4.69, 9.17) is 12.2 Å². The van der Waals surface area contributed by atoms with Crippen LogP contribution < -0.4 is 0 Å². The van der Waals surface area contributed by atoms with Crippen molar-refractivity contribution in [2.24, 2.45) is 5.92 Å².